The predicted octanol–water partition coefficient (Wildman–Crippen LogP) is 4.93. The minimum Gasteiger partial charge on any atom is -0.387 e. The third-order valence-corrected chi connectivity index (χ3v) is 5.84. The summed E-state index contributed by atoms with van der Waals surface area (Å²) in [4.78, 5) is 10.3. The first-order chi connectivity index (χ1) is 14.2. The van der Waals surface area contributed by atoms with Crippen LogP contribution in [0, 0.1) is 0 Å². The molecule has 4 nitrogen and oxygen atoms in total. The van der Waals surface area contributed by atoms with Gasteiger partial charge in [-0.25, -0.2) is 0 Å². The van der Waals surface area contributed by atoms with Gasteiger partial charge in [-0.2, -0.15) is 13.2 Å². The molecule has 0 radical (unpaired) electrons. The Labute approximate surface area is 174 Å². The Hall–Kier alpha value is -2.54. The third kappa shape index (κ3) is 4.46. The van der Waals surface area contributed by atoms with Crippen molar-refractivity contribution in [3.05, 3.63) is 65.2 Å². The molecule has 0 bridgehead atoms. The smallest absolute Gasteiger partial charge is 0.387 e. The van der Waals surface area contributed by atoms with Gasteiger partial charge in [-0.15, -0.1) is 0 Å². The lowest BCUT2D eigenvalue weighted by Gasteiger charge is -2.38. The van der Waals surface area contributed by atoms with Crippen LogP contribution < -0.4 is 4.90 Å². The summed E-state index contributed by atoms with van der Waals surface area (Å²) in [5.41, 5.74) is 2.36. The van der Waals surface area contributed by atoms with Crippen molar-refractivity contribution in [2.75, 3.05) is 32.1 Å². The summed E-state index contributed by atoms with van der Waals surface area (Å²) < 4.78 is 39.1. The molecule has 2 aliphatic rings. The van der Waals surface area contributed by atoms with Crippen molar-refractivity contribution < 1.29 is 18.0 Å². The van der Waals surface area contributed by atoms with Crippen LogP contribution in [0.1, 0.15) is 36.0 Å². The van der Waals surface area contributed by atoms with E-state index in [4.69, 9.17) is 4.84 Å². The number of alkyl halides is 3. The number of halogens is 3. The zero-order chi connectivity index (χ0) is 21.4. The van der Waals surface area contributed by atoms with Crippen molar-refractivity contribution in [2.24, 2.45) is 5.16 Å². The van der Waals surface area contributed by atoms with Gasteiger partial charge in [0.05, 0.1) is 11.3 Å². The van der Waals surface area contributed by atoms with E-state index in [2.05, 4.69) is 39.2 Å². The number of nitrogens with zero attached hydrogens (tertiary/aromatic N) is 3. The monoisotopic (exact) mass is 417 g/mol. The average molecular weight is 417 g/mol. The highest BCUT2D eigenvalue weighted by molar-refractivity contribution is 6.01. The van der Waals surface area contributed by atoms with Crippen molar-refractivity contribution >= 4 is 11.4 Å². The van der Waals surface area contributed by atoms with E-state index in [1.807, 2.05) is 14.1 Å². The summed E-state index contributed by atoms with van der Waals surface area (Å²) in [6, 6.07) is 13.8. The van der Waals surface area contributed by atoms with Gasteiger partial charge in [0.25, 0.3) is 0 Å². The SMILES string of the molecule is CN(C)c1ccc(CN2CCCC3(CC(c4cccc(C(F)(F)F)c4)=NO3)C2)cc1. The first-order valence-corrected chi connectivity index (χ1v) is 10.2. The molecule has 1 saturated heterocycles. The maximum absolute atomic E-state index is 13.0. The van der Waals surface area contributed by atoms with Crippen LogP contribution in [0.5, 0.6) is 0 Å². The molecule has 1 fully saturated rings. The van der Waals surface area contributed by atoms with Crippen LogP contribution in [-0.4, -0.2) is 43.4 Å². The second kappa shape index (κ2) is 7.95. The fourth-order valence-corrected chi connectivity index (χ4v) is 4.25. The first kappa shape index (κ1) is 20.7. The molecule has 0 amide bonds. The summed E-state index contributed by atoms with van der Waals surface area (Å²) in [6.45, 7) is 2.51. The number of piperidine rings is 1. The molecule has 0 saturated carbocycles. The Balaban J connectivity index is 1.42. The van der Waals surface area contributed by atoms with Gasteiger partial charge < -0.3 is 9.74 Å². The molecule has 30 heavy (non-hydrogen) atoms. The molecule has 7 heteroatoms. The zero-order valence-corrected chi connectivity index (χ0v) is 17.2. The summed E-state index contributed by atoms with van der Waals surface area (Å²) >= 11 is 0. The Bertz CT molecular complexity index is 924. The molecule has 0 N–H and O–H groups in total. The lowest BCUT2D eigenvalue weighted by molar-refractivity contribution is -0.137. The molecule has 2 heterocycles. The zero-order valence-electron chi connectivity index (χ0n) is 17.2. The van der Waals surface area contributed by atoms with Gasteiger partial charge in [0.15, 0.2) is 5.60 Å². The van der Waals surface area contributed by atoms with Gasteiger partial charge in [-0.1, -0.05) is 29.4 Å². The molecule has 160 valence electrons. The molecule has 2 aliphatic heterocycles. The molecule has 1 unspecified atom stereocenters. The van der Waals surface area contributed by atoms with Gasteiger partial charge in [0, 0.05) is 44.9 Å². The van der Waals surface area contributed by atoms with Gasteiger partial charge in [0.2, 0.25) is 0 Å². The predicted molar refractivity (Wildman–Crippen MR) is 112 cm³/mol. The number of oxime groups is 1. The van der Waals surface area contributed by atoms with Crippen molar-refractivity contribution in [3.63, 3.8) is 0 Å². The van der Waals surface area contributed by atoms with Gasteiger partial charge in [-0.05, 0) is 49.2 Å². The fourth-order valence-electron chi connectivity index (χ4n) is 4.25. The third-order valence-electron chi connectivity index (χ3n) is 5.84. The highest BCUT2D eigenvalue weighted by Gasteiger charge is 2.43. The summed E-state index contributed by atoms with van der Waals surface area (Å²) in [7, 11) is 4.03. The van der Waals surface area contributed by atoms with Gasteiger partial charge in [-0.3, -0.25) is 4.90 Å². The maximum atomic E-state index is 13.0. The molecule has 4 rings (SSSR count). The molecule has 2 aromatic rings. The van der Waals surface area contributed by atoms with E-state index in [0.717, 1.165) is 43.8 Å². The second-order valence-corrected chi connectivity index (χ2v) is 8.44. The first-order valence-electron chi connectivity index (χ1n) is 10.2. The second-order valence-electron chi connectivity index (χ2n) is 8.44. The van der Waals surface area contributed by atoms with E-state index in [0.29, 0.717) is 24.2 Å². The minimum atomic E-state index is -4.36. The van der Waals surface area contributed by atoms with Crippen LogP contribution in [-0.2, 0) is 17.6 Å². The van der Waals surface area contributed by atoms with Crippen molar-refractivity contribution in [1.29, 1.82) is 0 Å². The van der Waals surface area contributed by atoms with Crippen molar-refractivity contribution in [2.45, 2.75) is 37.6 Å². The Morgan fingerprint density at radius 1 is 1.13 bits per heavy atom. The van der Waals surface area contributed by atoms with Crippen molar-refractivity contribution in [3.8, 4) is 0 Å². The molecule has 0 aliphatic carbocycles. The topological polar surface area (TPSA) is 28.1 Å². The van der Waals surface area contributed by atoms with E-state index in [-0.39, 0.29) is 0 Å². The standard InChI is InChI=1S/C23H26F3N3O/c1-28(2)20-9-7-17(8-10-20)15-29-12-4-11-22(16-29)14-21(27-30-22)18-5-3-6-19(13-18)23(24,25)26/h3,5-10,13H,4,11-12,14-16H2,1-2H3. The highest BCUT2D eigenvalue weighted by atomic mass is 19.4. The quantitative estimate of drug-likeness (QED) is 0.706. The lowest BCUT2D eigenvalue weighted by atomic mass is 9.86. The largest absolute Gasteiger partial charge is 0.416 e. The Kier molecular flexibility index (Phi) is 5.49. The molecule has 2 aromatic carbocycles. The minimum absolute atomic E-state index is 0.453. The van der Waals surface area contributed by atoms with Crippen LogP contribution >= 0.6 is 0 Å². The van der Waals surface area contributed by atoms with Crippen LogP contribution in [0.25, 0.3) is 0 Å². The van der Waals surface area contributed by atoms with Crippen molar-refractivity contribution in [1.82, 2.24) is 4.90 Å². The summed E-state index contributed by atoms with van der Waals surface area (Å²) in [5, 5.41) is 4.20. The fraction of sp³-hybridized carbons (Fsp3) is 0.435. The number of benzene rings is 2. The van der Waals surface area contributed by atoms with E-state index < -0.39 is 17.3 Å². The van der Waals surface area contributed by atoms with Gasteiger partial charge >= 0.3 is 6.18 Å². The van der Waals surface area contributed by atoms with Gasteiger partial charge in [0.1, 0.15) is 0 Å². The van der Waals surface area contributed by atoms with Crippen LogP contribution in [0.15, 0.2) is 53.7 Å². The molecule has 0 aromatic heterocycles. The normalized spacial score (nSPS) is 22.1. The Morgan fingerprint density at radius 3 is 2.60 bits per heavy atom. The number of hydrogen-bond acceptors (Lipinski definition) is 4. The van der Waals surface area contributed by atoms with Crippen LogP contribution in [0.3, 0.4) is 0 Å². The summed E-state index contributed by atoms with van der Waals surface area (Å²) in [6.07, 6.45) is -2.00. The number of hydrogen-bond donors (Lipinski definition) is 0. The van der Waals surface area contributed by atoms with E-state index in [9.17, 15) is 13.2 Å². The van der Waals surface area contributed by atoms with Crippen LogP contribution in [0.4, 0.5) is 18.9 Å². The van der Waals surface area contributed by atoms with E-state index in [1.54, 1.807) is 6.07 Å². The average Bonchev–Trinajstić information content (AvgIpc) is 3.11. The number of likely N-dealkylation sites (tertiary alicyclic amines) is 1. The lowest BCUT2D eigenvalue weighted by Crippen LogP contribution is -2.47. The molecule has 1 atom stereocenters. The molecular weight excluding hydrogens is 391 g/mol. The Morgan fingerprint density at radius 2 is 1.90 bits per heavy atom. The summed E-state index contributed by atoms with van der Waals surface area (Å²) in [5.74, 6) is 0. The molecular formula is C23H26F3N3O. The number of rotatable bonds is 4. The van der Waals surface area contributed by atoms with E-state index in [1.165, 1.54) is 11.6 Å². The van der Waals surface area contributed by atoms with E-state index >= 15 is 0 Å². The number of anilines is 1. The highest BCUT2D eigenvalue weighted by Crippen LogP contribution is 2.36. The van der Waals surface area contributed by atoms with Crippen LogP contribution in [0.2, 0.25) is 0 Å². The maximum Gasteiger partial charge on any atom is 0.416 e. The molecule has 1 spiro atoms.